The van der Waals surface area contributed by atoms with E-state index in [1.54, 1.807) is 0 Å². The Hall–Kier alpha value is -2.11. The maximum Gasteiger partial charge on any atom is 0.197 e. The van der Waals surface area contributed by atoms with Gasteiger partial charge in [0.25, 0.3) is 0 Å². The van der Waals surface area contributed by atoms with Crippen LogP contribution in [-0.4, -0.2) is 36.9 Å². The topological polar surface area (TPSA) is 42.7 Å². The third-order valence-electron chi connectivity index (χ3n) is 5.93. The number of furan rings is 1. The van der Waals surface area contributed by atoms with Crippen molar-refractivity contribution >= 4 is 32.7 Å². The molecule has 5 heteroatoms. The van der Waals surface area contributed by atoms with E-state index in [1.807, 2.05) is 36.4 Å². The average Bonchev–Trinajstić information content (AvgIpc) is 3.09. The average molecular weight is 456 g/mol. The highest BCUT2D eigenvalue weighted by atomic mass is 79.9. The molecule has 0 bridgehead atoms. The molecule has 1 aliphatic rings. The van der Waals surface area contributed by atoms with Crippen molar-refractivity contribution in [2.24, 2.45) is 0 Å². The quantitative estimate of drug-likeness (QED) is 0.471. The summed E-state index contributed by atoms with van der Waals surface area (Å²) in [5.74, 6) is 1.53. The normalized spacial score (nSPS) is 14.9. The van der Waals surface area contributed by atoms with Gasteiger partial charge in [-0.05, 0) is 68.9 Å². The number of hydrogen-bond donors (Lipinski definition) is 0. The molecule has 0 atom stereocenters. The number of nitrogens with zero attached hydrogens (tertiary/aromatic N) is 1. The van der Waals surface area contributed by atoms with Crippen LogP contribution in [0.15, 0.2) is 45.3 Å². The highest BCUT2D eigenvalue weighted by Gasteiger charge is 2.41. The number of benzene rings is 2. The first-order valence-electron chi connectivity index (χ1n) is 10.1. The standard InChI is InChI=1S/C24H26BrNO3/c1-5-26(6-2)11-12-28-16-8-10-17-19(14-16)24(3,4)23-21(22(17)27)18-9-7-15(25)13-20(18)29-23/h7-10,13-14H,5-6,11-12H2,1-4H3. The van der Waals surface area contributed by atoms with Gasteiger partial charge in [-0.1, -0.05) is 29.8 Å². The van der Waals surface area contributed by atoms with Gasteiger partial charge < -0.3 is 14.1 Å². The zero-order valence-electron chi connectivity index (χ0n) is 17.3. The van der Waals surface area contributed by atoms with E-state index in [4.69, 9.17) is 9.15 Å². The van der Waals surface area contributed by atoms with Crippen molar-refractivity contribution in [1.29, 1.82) is 0 Å². The van der Waals surface area contributed by atoms with Crippen molar-refractivity contribution in [2.75, 3.05) is 26.2 Å². The fourth-order valence-corrected chi connectivity index (χ4v) is 4.49. The van der Waals surface area contributed by atoms with E-state index >= 15 is 0 Å². The lowest BCUT2D eigenvalue weighted by atomic mass is 9.72. The molecule has 2 aromatic carbocycles. The Kier molecular flexibility index (Phi) is 5.30. The molecule has 29 heavy (non-hydrogen) atoms. The van der Waals surface area contributed by atoms with Gasteiger partial charge in [0.05, 0.1) is 5.56 Å². The Morgan fingerprint density at radius 1 is 1.10 bits per heavy atom. The van der Waals surface area contributed by atoms with Crippen molar-refractivity contribution in [3.8, 4) is 5.75 Å². The molecular weight excluding hydrogens is 430 g/mol. The lowest BCUT2D eigenvalue weighted by Gasteiger charge is -2.31. The molecular formula is C24H26BrNO3. The van der Waals surface area contributed by atoms with Crippen LogP contribution in [0.5, 0.6) is 5.75 Å². The summed E-state index contributed by atoms with van der Waals surface area (Å²) in [5.41, 5.74) is 2.66. The van der Waals surface area contributed by atoms with Crippen LogP contribution in [0.4, 0.5) is 0 Å². The number of rotatable bonds is 6. The Morgan fingerprint density at radius 3 is 2.59 bits per heavy atom. The van der Waals surface area contributed by atoms with E-state index in [-0.39, 0.29) is 5.78 Å². The smallest absolute Gasteiger partial charge is 0.197 e. The van der Waals surface area contributed by atoms with Gasteiger partial charge in [-0.3, -0.25) is 4.79 Å². The van der Waals surface area contributed by atoms with Gasteiger partial charge in [0.1, 0.15) is 23.7 Å². The van der Waals surface area contributed by atoms with Gasteiger partial charge in [-0.15, -0.1) is 0 Å². The monoisotopic (exact) mass is 455 g/mol. The second-order valence-electron chi connectivity index (χ2n) is 7.98. The Morgan fingerprint density at radius 2 is 1.86 bits per heavy atom. The van der Waals surface area contributed by atoms with Gasteiger partial charge in [0, 0.05) is 27.4 Å². The van der Waals surface area contributed by atoms with Crippen molar-refractivity contribution in [1.82, 2.24) is 4.90 Å². The molecule has 152 valence electrons. The van der Waals surface area contributed by atoms with Crippen molar-refractivity contribution in [3.63, 3.8) is 0 Å². The zero-order chi connectivity index (χ0) is 20.8. The van der Waals surface area contributed by atoms with Crippen LogP contribution >= 0.6 is 15.9 Å². The molecule has 3 aromatic rings. The van der Waals surface area contributed by atoms with Crippen LogP contribution in [0.25, 0.3) is 11.0 Å². The molecule has 1 heterocycles. The first-order valence-corrected chi connectivity index (χ1v) is 10.9. The van der Waals surface area contributed by atoms with Crippen LogP contribution in [0.2, 0.25) is 0 Å². The number of likely N-dealkylation sites (N-methyl/N-ethyl adjacent to an activating group) is 1. The summed E-state index contributed by atoms with van der Waals surface area (Å²) in [5, 5.41) is 0.867. The highest BCUT2D eigenvalue weighted by Crippen LogP contribution is 2.46. The zero-order valence-corrected chi connectivity index (χ0v) is 18.9. The number of ketones is 1. The maximum absolute atomic E-state index is 13.3. The van der Waals surface area contributed by atoms with E-state index in [2.05, 4.69) is 48.5 Å². The molecule has 1 aliphatic carbocycles. The van der Waals surface area contributed by atoms with Crippen LogP contribution in [0, 0.1) is 0 Å². The van der Waals surface area contributed by atoms with Gasteiger partial charge in [-0.2, -0.15) is 0 Å². The minimum Gasteiger partial charge on any atom is -0.492 e. The summed E-state index contributed by atoms with van der Waals surface area (Å²) in [6.07, 6.45) is 0. The summed E-state index contributed by atoms with van der Waals surface area (Å²) < 4.78 is 13.1. The van der Waals surface area contributed by atoms with Gasteiger partial charge in [-0.25, -0.2) is 0 Å². The van der Waals surface area contributed by atoms with Crippen molar-refractivity contribution in [2.45, 2.75) is 33.1 Å². The molecule has 4 rings (SSSR count). The van der Waals surface area contributed by atoms with Crippen LogP contribution in [-0.2, 0) is 5.41 Å². The fourth-order valence-electron chi connectivity index (χ4n) is 4.15. The third kappa shape index (κ3) is 3.40. The lowest BCUT2D eigenvalue weighted by molar-refractivity contribution is 0.102. The maximum atomic E-state index is 13.3. The largest absolute Gasteiger partial charge is 0.492 e. The lowest BCUT2D eigenvalue weighted by Crippen LogP contribution is -2.30. The predicted octanol–water partition coefficient (Wildman–Crippen LogP) is 5.79. The second-order valence-corrected chi connectivity index (χ2v) is 8.90. The number of carbonyl (C=O) groups is 1. The minimum atomic E-state index is -0.428. The fraction of sp³-hybridized carbons (Fsp3) is 0.375. The third-order valence-corrected chi connectivity index (χ3v) is 6.42. The number of ether oxygens (including phenoxy) is 1. The molecule has 4 nitrogen and oxygen atoms in total. The van der Waals surface area contributed by atoms with E-state index < -0.39 is 5.41 Å². The van der Waals surface area contributed by atoms with Gasteiger partial charge in [0.2, 0.25) is 0 Å². The number of carbonyl (C=O) groups excluding carboxylic acids is 1. The number of fused-ring (bicyclic) bond motifs is 4. The first-order chi connectivity index (χ1) is 13.9. The minimum absolute atomic E-state index is 0.0186. The number of halogens is 1. The summed E-state index contributed by atoms with van der Waals surface area (Å²) >= 11 is 3.49. The van der Waals surface area contributed by atoms with E-state index in [1.165, 1.54) is 0 Å². The summed E-state index contributed by atoms with van der Waals surface area (Å²) in [4.78, 5) is 15.7. The SMILES string of the molecule is CCN(CC)CCOc1ccc2c(c1)C(C)(C)c1oc3cc(Br)ccc3c1C2=O. The highest BCUT2D eigenvalue weighted by molar-refractivity contribution is 9.10. The molecule has 0 saturated carbocycles. The van der Waals surface area contributed by atoms with E-state index in [9.17, 15) is 4.79 Å². The van der Waals surface area contributed by atoms with Gasteiger partial charge >= 0.3 is 0 Å². The van der Waals surface area contributed by atoms with Gasteiger partial charge in [0.15, 0.2) is 5.78 Å². The number of hydrogen-bond acceptors (Lipinski definition) is 4. The Bertz CT molecular complexity index is 1080. The van der Waals surface area contributed by atoms with Crippen LogP contribution in [0.3, 0.4) is 0 Å². The molecule has 0 amide bonds. The molecule has 0 N–H and O–H groups in total. The predicted molar refractivity (Wildman–Crippen MR) is 119 cm³/mol. The van der Waals surface area contributed by atoms with E-state index in [0.29, 0.717) is 12.2 Å². The molecule has 0 fully saturated rings. The summed E-state index contributed by atoms with van der Waals surface area (Å²) in [6, 6.07) is 11.6. The molecule has 1 aromatic heterocycles. The Balaban J connectivity index is 1.70. The Labute approximate surface area is 180 Å². The van der Waals surface area contributed by atoms with Crippen LogP contribution in [0.1, 0.15) is 54.9 Å². The first kappa shape index (κ1) is 20.2. The second kappa shape index (κ2) is 7.62. The molecule has 0 unspecified atom stereocenters. The summed E-state index contributed by atoms with van der Waals surface area (Å²) in [6.45, 7) is 12.0. The van der Waals surface area contributed by atoms with Crippen LogP contribution < -0.4 is 4.74 Å². The van der Waals surface area contributed by atoms with Crippen molar-refractivity contribution in [3.05, 3.63) is 63.3 Å². The molecule has 0 aliphatic heterocycles. The van der Waals surface area contributed by atoms with Crippen molar-refractivity contribution < 1.29 is 13.9 Å². The molecule has 0 spiro atoms. The summed E-state index contributed by atoms with van der Waals surface area (Å²) in [7, 11) is 0. The van der Waals surface area contributed by atoms with E-state index in [0.717, 1.165) is 57.7 Å². The molecule has 0 saturated heterocycles. The molecule has 0 radical (unpaired) electrons.